The van der Waals surface area contributed by atoms with Crippen molar-refractivity contribution in [3.8, 4) is 5.75 Å². The number of para-hydroxylation sites is 1. The summed E-state index contributed by atoms with van der Waals surface area (Å²) in [6.07, 6.45) is 0.377. The van der Waals surface area contributed by atoms with Crippen molar-refractivity contribution in [2.45, 2.75) is 26.2 Å². The molecule has 8 nitrogen and oxygen atoms in total. The number of carbonyl (C=O) groups is 3. The van der Waals surface area contributed by atoms with E-state index in [0.29, 0.717) is 12.2 Å². The molecule has 0 saturated heterocycles. The minimum Gasteiger partial charge on any atom is -0.494 e. The highest BCUT2D eigenvalue weighted by atomic mass is 16.5. The van der Waals surface area contributed by atoms with E-state index in [1.54, 1.807) is 24.3 Å². The summed E-state index contributed by atoms with van der Waals surface area (Å²) in [5.74, 6) is -1.80. The fourth-order valence-corrected chi connectivity index (χ4v) is 1.75. The van der Waals surface area contributed by atoms with Gasteiger partial charge in [-0.2, -0.15) is 0 Å². The average molecular weight is 404 g/mol. The van der Waals surface area contributed by atoms with Crippen molar-refractivity contribution >= 4 is 23.5 Å². The molecule has 0 fully saturated rings. The summed E-state index contributed by atoms with van der Waals surface area (Å²) < 4.78 is 5.34. The number of carbonyl (C=O) groups excluding carboxylic acids is 1. The van der Waals surface area contributed by atoms with Crippen molar-refractivity contribution in [2.75, 3.05) is 19.0 Å². The number of carboxylic acids is 2. The molecular weight excluding hydrogens is 376 g/mol. The first-order chi connectivity index (χ1) is 13.8. The smallest absolute Gasteiger partial charge is 0.303 e. The molecule has 29 heavy (non-hydrogen) atoms. The van der Waals surface area contributed by atoms with Crippen LogP contribution in [-0.4, -0.2) is 41.7 Å². The van der Waals surface area contributed by atoms with Crippen molar-refractivity contribution in [1.29, 1.82) is 0 Å². The van der Waals surface area contributed by atoms with E-state index in [1.807, 2.05) is 44.3 Å². The van der Waals surface area contributed by atoms with E-state index in [1.165, 1.54) is 0 Å². The van der Waals surface area contributed by atoms with Gasteiger partial charge in [-0.1, -0.05) is 25.1 Å². The highest BCUT2D eigenvalue weighted by Crippen LogP contribution is 2.11. The second-order valence-electron chi connectivity index (χ2n) is 5.64. The third kappa shape index (κ3) is 14.2. The van der Waals surface area contributed by atoms with Gasteiger partial charge in [-0.05, 0) is 42.8 Å². The van der Waals surface area contributed by atoms with E-state index in [-0.39, 0.29) is 12.8 Å². The van der Waals surface area contributed by atoms with Gasteiger partial charge in [0.05, 0.1) is 19.4 Å². The van der Waals surface area contributed by atoms with Crippen LogP contribution in [0.5, 0.6) is 5.75 Å². The highest BCUT2D eigenvalue weighted by Gasteiger charge is 2.00. The first-order valence-electron chi connectivity index (χ1n) is 8.99. The predicted molar refractivity (Wildman–Crippen MR) is 111 cm³/mol. The topological polar surface area (TPSA) is 139 Å². The van der Waals surface area contributed by atoms with E-state index in [9.17, 15) is 14.4 Å². The van der Waals surface area contributed by atoms with Gasteiger partial charge >= 0.3 is 11.9 Å². The normalized spacial score (nSPS) is 9.03. The van der Waals surface area contributed by atoms with Gasteiger partial charge in [0.1, 0.15) is 5.75 Å². The molecule has 5 N–H and O–H groups in total. The molecule has 2 aromatic carbocycles. The lowest BCUT2D eigenvalue weighted by molar-refractivity contribution is -0.143. The lowest BCUT2D eigenvalue weighted by Crippen LogP contribution is -2.10. The number of benzene rings is 2. The number of anilines is 1. The van der Waals surface area contributed by atoms with Crippen LogP contribution in [-0.2, 0) is 9.59 Å². The van der Waals surface area contributed by atoms with E-state index in [4.69, 9.17) is 20.7 Å². The molecule has 0 aromatic heterocycles. The number of primary amides is 1. The van der Waals surface area contributed by atoms with Crippen LogP contribution in [0.2, 0.25) is 0 Å². The molecule has 1 amide bonds. The van der Waals surface area contributed by atoms with Crippen LogP contribution in [0.25, 0.3) is 0 Å². The summed E-state index contributed by atoms with van der Waals surface area (Å²) in [6, 6.07) is 16.9. The molecule has 158 valence electrons. The molecule has 0 aliphatic carbocycles. The Labute approximate surface area is 170 Å². The van der Waals surface area contributed by atoms with Gasteiger partial charge in [-0.15, -0.1) is 0 Å². The van der Waals surface area contributed by atoms with Crippen LogP contribution < -0.4 is 15.8 Å². The van der Waals surface area contributed by atoms with E-state index in [2.05, 4.69) is 5.32 Å². The van der Waals surface area contributed by atoms with Crippen LogP contribution in [0.15, 0.2) is 54.6 Å². The van der Waals surface area contributed by atoms with Crippen LogP contribution >= 0.6 is 0 Å². The predicted octanol–water partition coefficient (Wildman–Crippen LogP) is 3.24. The van der Waals surface area contributed by atoms with Crippen LogP contribution in [0.3, 0.4) is 0 Å². The summed E-state index contributed by atoms with van der Waals surface area (Å²) >= 11 is 0. The summed E-state index contributed by atoms with van der Waals surface area (Å²) in [7, 11) is 1.91. The van der Waals surface area contributed by atoms with Gasteiger partial charge in [0.25, 0.3) is 0 Å². The highest BCUT2D eigenvalue weighted by molar-refractivity contribution is 5.92. The second kappa shape index (κ2) is 15.5. The number of rotatable bonds is 8. The Morgan fingerprint density at radius 1 is 0.931 bits per heavy atom. The summed E-state index contributed by atoms with van der Waals surface area (Å²) in [5, 5.41) is 18.8. The van der Waals surface area contributed by atoms with Gasteiger partial charge in [0.15, 0.2) is 0 Å². The molecule has 0 saturated carbocycles. The molecule has 0 aliphatic rings. The van der Waals surface area contributed by atoms with Crippen molar-refractivity contribution < 1.29 is 29.3 Å². The number of amides is 1. The Balaban J connectivity index is 0.000000427. The monoisotopic (exact) mass is 404 g/mol. The zero-order chi connectivity index (χ0) is 22.1. The van der Waals surface area contributed by atoms with Crippen LogP contribution in [0, 0.1) is 0 Å². The number of hydrogen-bond donors (Lipinski definition) is 4. The van der Waals surface area contributed by atoms with Crippen molar-refractivity contribution in [3.05, 3.63) is 60.2 Å². The van der Waals surface area contributed by atoms with Gasteiger partial charge in [-0.25, -0.2) is 0 Å². The lowest BCUT2D eigenvalue weighted by Gasteiger charge is -2.03. The molecule has 0 bridgehead atoms. The van der Waals surface area contributed by atoms with Gasteiger partial charge in [0, 0.05) is 18.3 Å². The third-order valence-electron chi connectivity index (χ3n) is 3.23. The van der Waals surface area contributed by atoms with E-state index >= 15 is 0 Å². The molecule has 0 heterocycles. The average Bonchev–Trinajstić information content (AvgIpc) is 2.72. The number of nitrogens with one attached hydrogen (secondary N) is 1. The molecule has 8 heteroatoms. The molecule has 2 aromatic rings. The maximum Gasteiger partial charge on any atom is 0.303 e. The zero-order valence-corrected chi connectivity index (χ0v) is 16.6. The summed E-state index contributed by atoms with van der Waals surface area (Å²) in [4.78, 5) is 30.0. The number of carboxylic acid groups (broad SMARTS) is 2. The summed E-state index contributed by atoms with van der Waals surface area (Å²) in [5.41, 5.74) is 6.75. The first kappa shape index (κ1) is 25.4. The van der Waals surface area contributed by atoms with E-state index in [0.717, 1.165) is 17.9 Å². The molecule has 2 rings (SSSR count). The SMILES string of the molecule is CCCOc1ccc(C(N)=O)cc1.CNc1ccccc1.O=C(O)CCC(=O)O. The molecule has 0 spiro atoms. The number of nitrogens with two attached hydrogens (primary N) is 1. The fraction of sp³-hybridized carbons (Fsp3) is 0.286. The Morgan fingerprint density at radius 3 is 1.79 bits per heavy atom. The second-order valence-corrected chi connectivity index (χ2v) is 5.64. The van der Waals surface area contributed by atoms with Gasteiger partial charge < -0.3 is 26.0 Å². The third-order valence-corrected chi connectivity index (χ3v) is 3.23. The van der Waals surface area contributed by atoms with Gasteiger partial charge in [0.2, 0.25) is 5.91 Å². The number of ether oxygens (including phenoxy) is 1. The Morgan fingerprint density at radius 2 is 1.45 bits per heavy atom. The zero-order valence-electron chi connectivity index (χ0n) is 16.6. The standard InChI is InChI=1S/C10H13NO2.C7H9N.C4H6O4/c1-2-7-13-9-5-3-8(4-6-9)10(11)12;1-8-7-5-3-2-4-6-7;5-3(6)1-2-4(7)8/h3-6H,2,7H2,1H3,(H2,11,12);2-6,8H,1H3;1-2H2,(H,5,6)(H,7,8). The molecule has 0 atom stereocenters. The number of aliphatic carboxylic acids is 2. The Kier molecular flexibility index (Phi) is 13.6. The lowest BCUT2D eigenvalue weighted by atomic mass is 10.2. The fourth-order valence-electron chi connectivity index (χ4n) is 1.75. The maximum absolute atomic E-state index is 10.7. The van der Waals surface area contributed by atoms with E-state index < -0.39 is 17.8 Å². The van der Waals surface area contributed by atoms with Crippen LogP contribution in [0.4, 0.5) is 5.69 Å². The minimum atomic E-state index is -1.08. The molecular formula is C21H28N2O6. The van der Waals surface area contributed by atoms with Crippen molar-refractivity contribution in [2.24, 2.45) is 5.73 Å². The summed E-state index contributed by atoms with van der Waals surface area (Å²) in [6.45, 7) is 2.73. The molecule has 0 aliphatic heterocycles. The molecule has 0 radical (unpaired) electrons. The maximum atomic E-state index is 10.7. The molecule has 0 unspecified atom stereocenters. The Bertz CT molecular complexity index is 719. The van der Waals surface area contributed by atoms with Crippen molar-refractivity contribution in [3.63, 3.8) is 0 Å². The van der Waals surface area contributed by atoms with Gasteiger partial charge in [-0.3, -0.25) is 14.4 Å². The van der Waals surface area contributed by atoms with Crippen LogP contribution in [0.1, 0.15) is 36.5 Å². The number of hydrogen-bond acceptors (Lipinski definition) is 5. The largest absolute Gasteiger partial charge is 0.494 e. The minimum absolute atomic E-state index is 0.296. The quantitative estimate of drug-likeness (QED) is 0.529. The Hall–Kier alpha value is -3.55. The first-order valence-corrected chi connectivity index (χ1v) is 8.99. The van der Waals surface area contributed by atoms with Crippen molar-refractivity contribution in [1.82, 2.24) is 0 Å².